The Balaban J connectivity index is 1.74. The summed E-state index contributed by atoms with van der Waals surface area (Å²) in [6, 6.07) is 1.65. The third kappa shape index (κ3) is 3.41. The largest absolute Gasteiger partial charge is 0.393 e. The molecule has 0 aromatic carbocycles. The minimum absolute atomic E-state index is 0.0847. The van der Waals surface area contributed by atoms with Crippen LogP contribution in [0.2, 0.25) is 0 Å². The van der Waals surface area contributed by atoms with Crippen molar-refractivity contribution < 1.29 is 18.0 Å². The number of aryl methyl sites for hydroxylation is 1. The van der Waals surface area contributed by atoms with E-state index in [1.807, 2.05) is 12.3 Å². The topological polar surface area (TPSA) is 49.0 Å². The molecule has 0 saturated carbocycles. The van der Waals surface area contributed by atoms with E-state index in [0.29, 0.717) is 18.7 Å². The van der Waals surface area contributed by atoms with Crippen LogP contribution in [0.15, 0.2) is 17.6 Å². The van der Waals surface area contributed by atoms with Crippen LogP contribution in [0, 0.1) is 12.8 Å². The number of likely N-dealkylation sites (tertiary alicyclic amines) is 1. The van der Waals surface area contributed by atoms with Gasteiger partial charge in [-0.15, -0.1) is 11.3 Å². The molecule has 2 aromatic heterocycles. The molecule has 3 heterocycles. The summed E-state index contributed by atoms with van der Waals surface area (Å²) in [4.78, 5) is 20.9. The van der Waals surface area contributed by atoms with Gasteiger partial charge in [0.25, 0.3) is 5.91 Å². The zero-order valence-electron chi connectivity index (χ0n) is 12.5. The summed E-state index contributed by atoms with van der Waals surface area (Å²) in [5, 5.41) is 2.80. The monoisotopic (exact) mass is 343 g/mol. The Morgan fingerprint density at radius 3 is 2.91 bits per heavy atom. The van der Waals surface area contributed by atoms with Gasteiger partial charge in [0.1, 0.15) is 5.69 Å². The van der Waals surface area contributed by atoms with Crippen LogP contribution >= 0.6 is 11.3 Å². The first-order valence-electron chi connectivity index (χ1n) is 7.31. The van der Waals surface area contributed by atoms with Crippen molar-refractivity contribution in [2.75, 3.05) is 13.1 Å². The van der Waals surface area contributed by atoms with Gasteiger partial charge in [-0.25, -0.2) is 4.98 Å². The first-order valence-corrected chi connectivity index (χ1v) is 8.19. The summed E-state index contributed by atoms with van der Waals surface area (Å²) in [6.07, 6.45) is -2.14. The Labute approximate surface area is 135 Å². The number of carbonyl (C=O) groups excluding carboxylic acids is 1. The van der Waals surface area contributed by atoms with Crippen molar-refractivity contribution in [3.63, 3.8) is 0 Å². The molecule has 1 saturated heterocycles. The highest BCUT2D eigenvalue weighted by Gasteiger charge is 2.42. The van der Waals surface area contributed by atoms with Crippen LogP contribution in [-0.4, -0.2) is 40.0 Å². The highest BCUT2D eigenvalue weighted by molar-refractivity contribution is 7.09. The summed E-state index contributed by atoms with van der Waals surface area (Å²) in [7, 11) is 0. The zero-order chi connectivity index (χ0) is 16.6. The first-order chi connectivity index (χ1) is 10.8. The van der Waals surface area contributed by atoms with Gasteiger partial charge in [0.2, 0.25) is 0 Å². The third-order valence-electron chi connectivity index (χ3n) is 4.00. The van der Waals surface area contributed by atoms with Gasteiger partial charge in [-0.2, -0.15) is 13.2 Å². The van der Waals surface area contributed by atoms with Crippen molar-refractivity contribution in [1.82, 2.24) is 14.9 Å². The predicted molar refractivity (Wildman–Crippen MR) is 81.3 cm³/mol. The summed E-state index contributed by atoms with van der Waals surface area (Å²) < 4.78 is 38.6. The molecule has 1 atom stereocenters. The third-order valence-corrected chi connectivity index (χ3v) is 4.77. The Morgan fingerprint density at radius 1 is 1.48 bits per heavy atom. The number of piperidine rings is 1. The van der Waals surface area contributed by atoms with E-state index in [1.54, 1.807) is 12.3 Å². The van der Waals surface area contributed by atoms with Gasteiger partial charge in [-0.1, -0.05) is 0 Å². The molecule has 1 amide bonds. The van der Waals surface area contributed by atoms with E-state index in [0.717, 1.165) is 16.3 Å². The quantitative estimate of drug-likeness (QED) is 0.900. The summed E-state index contributed by atoms with van der Waals surface area (Å²) in [6.45, 7) is 1.97. The highest BCUT2D eigenvalue weighted by Crippen LogP contribution is 2.33. The Bertz CT molecular complexity index is 707. The maximum Gasteiger partial charge on any atom is 0.393 e. The van der Waals surface area contributed by atoms with Crippen LogP contribution in [0.4, 0.5) is 13.2 Å². The molecule has 0 spiro atoms. The predicted octanol–water partition coefficient (Wildman–Crippen LogP) is 3.86. The average molecular weight is 343 g/mol. The van der Waals surface area contributed by atoms with E-state index in [2.05, 4.69) is 9.97 Å². The molecular weight excluding hydrogens is 327 g/mol. The van der Waals surface area contributed by atoms with Gasteiger partial charge >= 0.3 is 6.18 Å². The van der Waals surface area contributed by atoms with Crippen LogP contribution in [0.3, 0.4) is 0 Å². The second-order valence-electron chi connectivity index (χ2n) is 5.69. The van der Waals surface area contributed by atoms with Gasteiger partial charge in [-0.3, -0.25) is 4.79 Å². The Morgan fingerprint density at radius 2 is 2.26 bits per heavy atom. The molecule has 1 fully saturated rings. The molecule has 1 N–H and O–H groups in total. The number of carbonyl (C=O) groups is 1. The lowest BCUT2D eigenvalue weighted by Gasteiger charge is -2.33. The number of hydrogen-bond donors (Lipinski definition) is 1. The van der Waals surface area contributed by atoms with E-state index < -0.39 is 18.0 Å². The van der Waals surface area contributed by atoms with E-state index in [-0.39, 0.29) is 13.0 Å². The number of aromatic amines is 1. The Kier molecular flexibility index (Phi) is 4.18. The lowest BCUT2D eigenvalue weighted by atomic mass is 9.97. The van der Waals surface area contributed by atoms with Crippen molar-refractivity contribution in [3.8, 4) is 11.3 Å². The van der Waals surface area contributed by atoms with Gasteiger partial charge in [0, 0.05) is 30.2 Å². The first kappa shape index (κ1) is 16.0. The van der Waals surface area contributed by atoms with Crippen LogP contribution in [0.25, 0.3) is 11.3 Å². The number of halogens is 3. The molecule has 23 heavy (non-hydrogen) atoms. The van der Waals surface area contributed by atoms with E-state index >= 15 is 0 Å². The second kappa shape index (κ2) is 5.99. The second-order valence-corrected chi connectivity index (χ2v) is 6.75. The molecule has 8 heteroatoms. The molecule has 3 rings (SSSR count). The fourth-order valence-corrected chi connectivity index (χ4v) is 3.38. The molecule has 1 aliphatic rings. The zero-order valence-corrected chi connectivity index (χ0v) is 13.3. The number of amides is 1. The highest BCUT2D eigenvalue weighted by atomic mass is 32.1. The number of nitrogens with one attached hydrogen (secondary N) is 1. The fourth-order valence-electron chi connectivity index (χ4n) is 2.76. The maximum atomic E-state index is 12.9. The van der Waals surface area contributed by atoms with Crippen molar-refractivity contribution >= 4 is 17.2 Å². The summed E-state index contributed by atoms with van der Waals surface area (Å²) >= 11 is 1.50. The van der Waals surface area contributed by atoms with Crippen LogP contribution < -0.4 is 0 Å². The van der Waals surface area contributed by atoms with E-state index in [4.69, 9.17) is 0 Å². The maximum absolute atomic E-state index is 12.9. The average Bonchev–Trinajstić information content (AvgIpc) is 3.14. The number of aromatic nitrogens is 2. The number of H-pyrrole nitrogens is 1. The van der Waals surface area contributed by atoms with Crippen LogP contribution in [0.1, 0.15) is 28.3 Å². The molecule has 0 radical (unpaired) electrons. The van der Waals surface area contributed by atoms with Crippen LogP contribution in [-0.2, 0) is 0 Å². The van der Waals surface area contributed by atoms with Crippen LogP contribution in [0.5, 0.6) is 0 Å². The van der Waals surface area contributed by atoms with Crippen molar-refractivity contribution in [2.24, 2.45) is 5.92 Å². The number of nitrogens with zero attached hydrogens (tertiary/aromatic N) is 2. The number of thiazole rings is 1. The summed E-state index contributed by atoms with van der Waals surface area (Å²) in [5.74, 6) is -1.83. The lowest BCUT2D eigenvalue weighted by molar-refractivity contribution is -0.184. The smallest absolute Gasteiger partial charge is 0.357 e. The Hall–Kier alpha value is -1.83. The molecule has 1 aliphatic heterocycles. The SMILES string of the molecule is Cc1nc(-c2c[nH]c(C(=O)N3CCCC(C(F)(F)F)C3)c2)cs1. The molecule has 124 valence electrons. The molecule has 0 bridgehead atoms. The minimum Gasteiger partial charge on any atom is -0.357 e. The van der Waals surface area contributed by atoms with Crippen molar-refractivity contribution in [3.05, 3.63) is 28.3 Å². The minimum atomic E-state index is -4.25. The van der Waals surface area contributed by atoms with Gasteiger partial charge in [-0.05, 0) is 25.8 Å². The molecule has 1 unspecified atom stereocenters. The van der Waals surface area contributed by atoms with Crippen molar-refractivity contribution in [2.45, 2.75) is 25.9 Å². The molecule has 2 aromatic rings. The number of alkyl halides is 3. The van der Waals surface area contributed by atoms with Gasteiger partial charge in [0.05, 0.1) is 16.6 Å². The normalized spacial score (nSPS) is 19.1. The van der Waals surface area contributed by atoms with E-state index in [1.165, 1.54) is 16.2 Å². The van der Waals surface area contributed by atoms with E-state index in [9.17, 15) is 18.0 Å². The van der Waals surface area contributed by atoms with Gasteiger partial charge in [0.15, 0.2) is 0 Å². The number of hydrogen-bond acceptors (Lipinski definition) is 3. The van der Waals surface area contributed by atoms with Gasteiger partial charge < -0.3 is 9.88 Å². The number of rotatable bonds is 2. The fraction of sp³-hybridized carbons (Fsp3) is 0.467. The molecular formula is C15H16F3N3OS. The molecule has 0 aliphatic carbocycles. The lowest BCUT2D eigenvalue weighted by Crippen LogP contribution is -2.44. The summed E-state index contributed by atoms with van der Waals surface area (Å²) in [5.41, 5.74) is 1.82. The molecule has 4 nitrogen and oxygen atoms in total. The standard InChI is InChI=1S/C15H16F3N3OS/c1-9-20-13(8-23-9)10-5-12(19-6-10)14(22)21-4-2-3-11(7-21)15(16,17)18/h5-6,8,11,19H,2-4,7H2,1H3. The van der Waals surface area contributed by atoms with Crippen molar-refractivity contribution in [1.29, 1.82) is 0 Å².